The number of aryl methyl sites for hydroxylation is 1. The Morgan fingerprint density at radius 3 is 2.58 bits per heavy atom. The van der Waals surface area contributed by atoms with Crippen molar-refractivity contribution in [2.24, 2.45) is 7.05 Å². The molecule has 0 fully saturated rings. The van der Waals surface area contributed by atoms with E-state index in [1.807, 2.05) is 42.2 Å². The van der Waals surface area contributed by atoms with Gasteiger partial charge in [-0.2, -0.15) is 5.10 Å². The molecular weight excluding hydrogens is 412 g/mol. The molecular formula is C25H20N8. The highest BCUT2D eigenvalue weighted by Crippen LogP contribution is 2.27. The number of rotatable bonds is 5. The van der Waals surface area contributed by atoms with Crippen molar-refractivity contribution in [1.82, 2.24) is 34.3 Å². The highest BCUT2D eigenvalue weighted by molar-refractivity contribution is 5.87. The van der Waals surface area contributed by atoms with Crippen molar-refractivity contribution in [2.45, 2.75) is 0 Å². The third-order valence-electron chi connectivity index (χ3n) is 5.69. The van der Waals surface area contributed by atoms with Crippen LogP contribution in [0.3, 0.4) is 0 Å². The summed E-state index contributed by atoms with van der Waals surface area (Å²) in [6.45, 7) is 0. The Hall–Kier alpha value is -4.72. The number of benzene rings is 2. The van der Waals surface area contributed by atoms with Crippen molar-refractivity contribution in [3.63, 3.8) is 0 Å². The van der Waals surface area contributed by atoms with Gasteiger partial charge in [0.2, 0.25) is 0 Å². The van der Waals surface area contributed by atoms with E-state index in [4.69, 9.17) is 4.98 Å². The number of H-pyrrole nitrogens is 1. The molecule has 4 heterocycles. The van der Waals surface area contributed by atoms with Gasteiger partial charge in [-0.3, -0.25) is 9.67 Å². The van der Waals surface area contributed by atoms with Gasteiger partial charge in [0.05, 0.1) is 11.7 Å². The van der Waals surface area contributed by atoms with Crippen LogP contribution in [-0.2, 0) is 7.05 Å². The summed E-state index contributed by atoms with van der Waals surface area (Å²) in [5.41, 5.74) is 5.17. The van der Waals surface area contributed by atoms with Crippen LogP contribution in [0.5, 0.6) is 0 Å². The number of fused-ring (bicyclic) bond motifs is 1. The molecule has 8 heteroatoms. The van der Waals surface area contributed by atoms with Gasteiger partial charge in [-0.1, -0.05) is 24.3 Å². The summed E-state index contributed by atoms with van der Waals surface area (Å²) >= 11 is 0. The quantitative estimate of drug-likeness (QED) is 0.402. The summed E-state index contributed by atoms with van der Waals surface area (Å²) in [6.07, 6.45) is 11.0. The number of nitrogens with zero attached hydrogens (tertiary/aromatic N) is 6. The van der Waals surface area contributed by atoms with Gasteiger partial charge in [-0.25, -0.2) is 15.0 Å². The molecule has 2 N–H and O–H groups in total. The summed E-state index contributed by atoms with van der Waals surface area (Å²) in [4.78, 5) is 13.4. The molecule has 0 saturated heterocycles. The fourth-order valence-electron chi connectivity index (χ4n) is 3.97. The van der Waals surface area contributed by atoms with Crippen molar-refractivity contribution < 1.29 is 0 Å². The van der Waals surface area contributed by atoms with Gasteiger partial charge in [0.25, 0.3) is 0 Å². The van der Waals surface area contributed by atoms with Crippen LogP contribution in [0.25, 0.3) is 39.2 Å². The first-order valence-electron chi connectivity index (χ1n) is 10.5. The normalized spacial score (nSPS) is 11.2. The Bertz CT molecular complexity index is 1530. The van der Waals surface area contributed by atoms with Crippen molar-refractivity contribution in [3.8, 4) is 28.3 Å². The lowest BCUT2D eigenvalue weighted by Gasteiger charge is -2.08. The van der Waals surface area contributed by atoms with Crippen LogP contribution < -0.4 is 5.32 Å². The van der Waals surface area contributed by atoms with Crippen LogP contribution in [0, 0.1) is 0 Å². The molecule has 0 atom stereocenters. The number of hydrogen-bond donors (Lipinski definition) is 2. The lowest BCUT2D eigenvalue weighted by atomic mass is 10.1. The topological polar surface area (TPSA) is 89.2 Å². The molecule has 8 nitrogen and oxygen atoms in total. The van der Waals surface area contributed by atoms with E-state index >= 15 is 0 Å². The number of aromatic amines is 1. The summed E-state index contributed by atoms with van der Waals surface area (Å²) in [7, 11) is 2.05. The number of imidazole rings is 1. The second kappa shape index (κ2) is 7.76. The van der Waals surface area contributed by atoms with Crippen LogP contribution in [0.2, 0.25) is 0 Å². The molecule has 0 radical (unpaired) electrons. The van der Waals surface area contributed by atoms with Crippen LogP contribution in [-0.4, -0.2) is 34.3 Å². The van der Waals surface area contributed by atoms with Gasteiger partial charge >= 0.3 is 0 Å². The number of nitrogens with one attached hydrogen (secondary N) is 2. The van der Waals surface area contributed by atoms with Gasteiger partial charge in [-0.05, 0) is 35.9 Å². The summed E-state index contributed by atoms with van der Waals surface area (Å²) in [5.74, 6) is 2.46. The maximum atomic E-state index is 4.74. The molecule has 0 aliphatic carbocycles. The minimum atomic E-state index is 0.669. The van der Waals surface area contributed by atoms with Crippen molar-refractivity contribution >= 4 is 22.4 Å². The molecule has 6 aromatic rings. The number of anilines is 2. The monoisotopic (exact) mass is 432 g/mol. The van der Waals surface area contributed by atoms with Gasteiger partial charge in [0.1, 0.15) is 18.0 Å². The van der Waals surface area contributed by atoms with Crippen molar-refractivity contribution in [3.05, 3.63) is 91.9 Å². The van der Waals surface area contributed by atoms with E-state index in [1.165, 1.54) is 0 Å². The Labute approximate surface area is 189 Å². The lowest BCUT2D eigenvalue weighted by Crippen LogP contribution is -1.99. The second-order valence-corrected chi connectivity index (χ2v) is 7.76. The number of aromatic nitrogens is 7. The van der Waals surface area contributed by atoms with Crippen LogP contribution >= 0.6 is 0 Å². The fraction of sp³-hybridized carbons (Fsp3) is 0.0400. The third-order valence-corrected chi connectivity index (χ3v) is 5.69. The van der Waals surface area contributed by atoms with Crippen LogP contribution in [0.1, 0.15) is 0 Å². The zero-order valence-electron chi connectivity index (χ0n) is 17.8. The first-order valence-corrected chi connectivity index (χ1v) is 10.5. The first kappa shape index (κ1) is 19.0. The van der Waals surface area contributed by atoms with E-state index < -0.39 is 0 Å². The minimum Gasteiger partial charge on any atom is -0.340 e. The molecule has 0 amide bonds. The summed E-state index contributed by atoms with van der Waals surface area (Å²) < 4.78 is 4.14. The van der Waals surface area contributed by atoms with Crippen molar-refractivity contribution in [1.29, 1.82) is 0 Å². The SMILES string of the molecule is Cn1c(-n2ccnc2)cc2ccc(-c3nccc(Nc4ccc(-c5cn[nH]c5)cc4)n3)cc21. The first-order chi connectivity index (χ1) is 16.2. The molecule has 160 valence electrons. The number of hydrogen-bond acceptors (Lipinski definition) is 5. The predicted molar refractivity (Wildman–Crippen MR) is 128 cm³/mol. The van der Waals surface area contributed by atoms with E-state index in [0.29, 0.717) is 5.82 Å². The maximum Gasteiger partial charge on any atom is 0.161 e. The minimum absolute atomic E-state index is 0.669. The molecule has 0 aliphatic heterocycles. The van der Waals surface area contributed by atoms with Crippen LogP contribution in [0.15, 0.2) is 91.9 Å². The zero-order valence-corrected chi connectivity index (χ0v) is 17.8. The van der Waals surface area contributed by atoms with Crippen molar-refractivity contribution in [2.75, 3.05) is 5.32 Å². The van der Waals surface area contributed by atoms with Gasteiger partial charge < -0.3 is 9.88 Å². The molecule has 0 saturated carbocycles. The molecule has 0 bridgehead atoms. The zero-order chi connectivity index (χ0) is 22.2. The standard InChI is InChI=1S/C25H20N8/c1-32-22-12-19(3-2-18(22)13-24(32)33-11-10-26-16-33)25-27-9-8-23(31-25)30-21-6-4-17(5-7-21)20-14-28-29-15-20/h2-16H,1H3,(H,28,29)(H,27,30,31). The Balaban J connectivity index is 1.29. The summed E-state index contributed by atoms with van der Waals surface area (Å²) in [5, 5.41) is 11.4. The average molecular weight is 432 g/mol. The van der Waals surface area contributed by atoms with E-state index in [0.717, 1.165) is 44.9 Å². The molecule has 0 unspecified atom stereocenters. The Kier molecular flexibility index (Phi) is 4.47. The largest absolute Gasteiger partial charge is 0.340 e. The highest BCUT2D eigenvalue weighted by atomic mass is 15.2. The predicted octanol–water partition coefficient (Wildman–Crippen LogP) is 4.95. The molecule has 0 spiro atoms. The van der Waals surface area contributed by atoms with E-state index in [-0.39, 0.29) is 0 Å². The second-order valence-electron chi connectivity index (χ2n) is 7.76. The van der Waals surface area contributed by atoms with Gasteiger partial charge in [0.15, 0.2) is 5.82 Å². The average Bonchev–Trinajstić information content (AvgIpc) is 3.62. The lowest BCUT2D eigenvalue weighted by molar-refractivity contribution is 0.867. The highest BCUT2D eigenvalue weighted by Gasteiger charge is 2.10. The van der Waals surface area contributed by atoms with Crippen LogP contribution in [0.4, 0.5) is 11.5 Å². The molecule has 33 heavy (non-hydrogen) atoms. The molecule has 2 aromatic carbocycles. The van der Waals surface area contributed by atoms with Gasteiger partial charge in [0, 0.05) is 54.0 Å². The maximum absolute atomic E-state index is 4.74. The summed E-state index contributed by atoms with van der Waals surface area (Å²) in [6, 6.07) is 18.4. The third kappa shape index (κ3) is 3.53. The Morgan fingerprint density at radius 2 is 1.79 bits per heavy atom. The van der Waals surface area contributed by atoms with E-state index in [9.17, 15) is 0 Å². The van der Waals surface area contributed by atoms with Gasteiger partial charge in [-0.15, -0.1) is 0 Å². The smallest absolute Gasteiger partial charge is 0.161 e. The van der Waals surface area contributed by atoms with E-state index in [1.54, 1.807) is 24.9 Å². The van der Waals surface area contributed by atoms with E-state index in [2.05, 4.69) is 66.4 Å². The fourth-order valence-corrected chi connectivity index (χ4v) is 3.97. The molecule has 0 aliphatic rings. The molecule has 6 rings (SSSR count). The Morgan fingerprint density at radius 1 is 0.909 bits per heavy atom. The molecule has 4 aromatic heterocycles.